The van der Waals surface area contributed by atoms with Gasteiger partial charge < -0.3 is 0 Å². The van der Waals surface area contributed by atoms with E-state index >= 15 is 0 Å². The van der Waals surface area contributed by atoms with Crippen molar-refractivity contribution in [1.82, 2.24) is 0 Å². The van der Waals surface area contributed by atoms with Gasteiger partial charge in [-0.25, -0.2) is 34.2 Å². The Balaban J connectivity index is 2.44. The molecule has 8 heteroatoms. The number of carbonyl (C=O) groups excluding carboxylic acids is 4. The number of unbranched alkanes of at least 4 members (excludes halogenated alkanes) is 18. The fraction of sp³-hybridized carbons (Fsp3) is 0.917. The summed E-state index contributed by atoms with van der Waals surface area (Å²) >= 11 is 0. The first-order valence-electron chi connectivity index (χ1n) is 23.8. The second-order valence-electron chi connectivity index (χ2n) is 17.8. The summed E-state index contributed by atoms with van der Waals surface area (Å²) in [6, 6.07) is 0. The van der Waals surface area contributed by atoms with E-state index in [1.165, 1.54) is 148 Å². The lowest BCUT2D eigenvalue weighted by molar-refractivity contribution is -0.0359. The van der Waals surface area contributed by atoms with Gasteiger partial charge in [-0.05, 0) is 93.3 Å². The Bertz CT molecular complexity index is 1190. The maximum Gasteiger partial charge on any atom is 0.235 e. The minimum absolute atomic E-state index is 0.367. The molecule has 2 rings (SSSR count). The Morgan fingerprint density at radius 3 is 1.50 bits per heavy atom. The summed E-state index contributed by atoms with van der Waals surface area (Å²) in [7, 11) is 0. The van der Waals surface area contributed by atoms with Crippen LogP contribution in [0.2, 0.25) is 0 Å². The number of rotatable bonds is 35. The second-order valence-corrected chi connectivity index (χ2v) is 17.8. The van der Waals surface area contributed by atoms with Crippen molar-refractivity contribution in [3.63, 3.8) is 0 Å². The summed E-state index contributed by atoms with van der Waals surface area (Å²) in [6.45, 7) is 6.30. The Labute approximate surface area is 342 Å². The first kappa shape index (κ1) is 49.7. The van der Waals surface area contributed by atoms with E-state index in [0.717, 1.165) is 63.7 Å². The number of hydrogen-bond donors (Lipinski definition) is 0. The lowest BCUT2D eigenvalue weighted by Crippen LogP contribution is -2.52. The highest BCUT2D eigenvalue weighted by atomic mass is 16.1. The van der Waals surface area contributed by atoms with Crippen LogP contribution in [0.4, 0.5) is 0 Å². The highest BCUT2D eigenvalue weighted by Gasteiger charge is 2.53. The van der Waals surface area contributed by atoms with Crippen LogP contribution in [0.3, 0.4) is 0 Å². The van der Waals surface area contributed by atoms with Crippen LogP contribution in [-0.2, 0) is 19.2 Å². The molecule has 56 heavy (non-hydrogen) atoms. The number of nitrogens with zero attached hydrogens (tertiary/aromatic N) is 4. The first-order chi connectivity index (χ1) is 27.6. The zero-order valence-electron chi connectivity index (χ0n) is 36.1. The van der Waals surface area contributed by atoms with Crippen molar-refractivity contribution in [2.24, 2.45) is 55.5 Å². The molecule has 2 saturated carbocycles. The highest BCUT2D eigenvalue weighted by Crippen LogP contribution is 2.57. The van der Waals surface area contributed by atoms with Crippen molar-refractivity contribution >= 4 is 24.3 Å². The Morgan fingerprint density at radius 2 is 0.946 bits per heavy atom. The van der Waals surface area contributed by atoms with Crippen LogP contribution in [-0.4, -0.2) is 49.5 Å². The topological polar surface area (TPSA) is 118 Å². The summed E-state index contributed by atoms with van der Waals surface area (Å²) in [6.07, 6.45) is 45.6. The van der Waals surface area contributed by atoms with E-state index in [-0.39, 0.29) is 5.54 Å². The van der Waals surface area contributed by atoms with Crippen molar-refractivity contribution in [2.75, 3.05) is 19.6 Å². The van der Waals surface area contributed by atoms with E-state index in [9.17, 15) is 19.2 Å². The van der Waals surface area contributed by atoms with Crippen LogP contribution in [0.15, 0.2) is 20.0 Å². The summed E-state index contributed by atoms with van der Waals surface area (Å²) in [5, 5.41) is 0. The van der Waals surface area contributed by atoms with Crippen molar-refractivity contribution in [3.05, 3.63) is 0 Å². The molecule has 0 aromatic rings. The normalized spacial score (nSPS) is 24.7. The van der Waals surface area contributed by atoms with E-state index in [4.69, 9.17) is 4.99 Å². The van der Waals surface area contributed by atoms with Gasteiger partial charge in [-0.2, -0.15) is 4.99 Å². The van der Waals surface area contributed by atoms with Crippen molar-refractivity contribution in [3.8, 4) is 0 Å². The molecule has 0 heterocycles. The lowest BCUT2D eigenvalue weighted by atomic mass is 9.51. The molecule has 0 aliphatic heterocycles. The van der Waals surface area contributed by atoms with Gasteiger partial charge in [-0.3, -0.25) is 0 Å². The minimum atomic E-state index is -0.367. The number of aliphatic imine (C=N–C) groups is 4. The molecule has 7 atom stereocenters. The average molecular weight is 779 g/mol. The third-order valence-electron chi connectivity index (χ3n) is 13.9. The van der Waals surface area contributed by atoms with Crippen LogP contribution >= 0.6 is 0 Å². The molecular weight excluding hydrogens is 697 g/mol. The molecule has 0 saturated heterocycles. The van der Waals surface area contributed by atoms with Gasteiger partial charge in [0.25, 0.3) is 0 Å². The third kappa shape index (κ3) is 20.3. The van der Waals surface area contributed by atoms with Crippen LogP contribution in [0.1, 0.15) is 219 Å². The largest absolute Gasteiger partial charge is 0.235 e. The molecule has 0 amide bonds. The first-order valence-corrected chi connectivity index (χ1v) is 23.8. The fourth-order valence-electron chi connectivity index (χ4n) is 11.1. The molecule has 0 bridgehead atoms. The van der Waals surface area contributed by atoms with Gasteiger partial charge in [0.15, 0.2) is 0 Å². The van der Waals surface area contributed by atoms with Crippen LogP contribution in [0, 0.1) is 35.5 Å². The predicted molar refractivity (Wildman–Crippen MR) is 230 cm³/mol. The highest BCUT2D eigenvalue weighted by molar-refractivity contribution is 5.36. The molecule has 8 nitrogen and oxygen atoms in total. The van der Waals surface area contributed by atoms with Crippen LogP contribution in [0.25, 0.3) is 0 Å². The average Bonchev–Trinajstić information content (AvgIpc) is 3.20. The van der Waals surface area contributed by atoms with Gasteiger partial charge in [0.1, 0.15) is 0 Å². The lowest BCUT2D eigenvalue weighted by Gasteiger charge is -2.55. The summed E-state index contributed by atoms with van der Waals surface area (Å²) < 4.78 is 0. The van der Waals surface area contributed by atoms with Crippen LogP contribution in [0.5, 0.6) is 0 Å². The second kappa shape index (κ2) is 33.5. The van der Waals surface area contributed by atoms with Gasteiger partial charge in [0, 0.05) is 0 Å². The molecule has 0 aromatic carbocycles. The molecule has 0 N–H and O–H groups in total. The van der Waals surface area contributed by atoms with E-state index < -0.39 is 0 Å². The minimum Gasteiger partial charge on any atom is -0.211 e. The van der Waals surface area contributed by atoms with Gasteiger partial charge in [-0.1, -0.05) is 162 Å². The van der Waals surface area contributed by atoms with E-state index in [0.29, 0.717) is 49.2 Å². The standard InChI is InChI=1S/C48H82N4O4/c1-3-5-7-9-14-20-28-44-43(27-19-8-6-4-2)36-47(48(52-41-56)32-25-26-42(37-48)31-35-51-40-55)46(30-22-16-11-13-18-24-34-50-39-54)45(44)29-21-15-10-12-17-23-33-49-38-53/h42-47H,3-37H2,1-2H3. The smallest absolute Gasteiger partial charge is 0.211 e. The maximum absolute atomic E-state index is 12.5. The molecule has 0 radical (unpaired) electrons. The zero-order valence-corrected chi connectivity index (χ0v) is 36.1. The zero-order chi connectivity index (χ0) is 40.4. The van der Waals surface area contributed by atoms with E-state index in [1.807, 2.05) is 0 Å². The Hall–Kier alpha value is -2.48. The van der Waals surface area contributed by atoms with E-state index in [2.05, 4.69) is 34.9 Å². The fourth-order valence-corrected chi connectivity index (χ4v) is 11.1. The molecule has 0 spiro atoms. The van der Waals surface area contributed by atoms with Crippen molar-refractivity contribution < 1.29 is 19.2 Å². The molecule has 7 unspecified atom stereocenters. The van der Waals surface area contributed by atoms with Crippen molar-refractivity contribution in [1.29, 1.82) is 0 Å². The van der Waals surface area contributed by atoms with Gasteiger partial charge in [-0.15, -0.1) is 0 Å². The molecule has 2 aliphatic rings. The summed E-state index contributed by atoms with van der Waals surface area (Å²) in [5.74, 6) is 3.44. The SMILES string of the molecule is CCCCCCCCC1C(CCCCCC)CC(C2(N=C=O)CCCC(CCN=C=O)C2)C(CCCCCCCCN=C=O)C1CCCCCCCCN=C=O. The van der Waals surface area contributed by atoms with E-state index in [1.54, 1.807) is 18.2 Å². The monoisotopic (exact) mass is 779 g/mol. The molecule has 2 aliphatic carbocycles. The molecule has 0 aromatic heterocycles. The van der Waals surface area contributed by atoms with Crippen molar-refractivity contribution in [2.45, 2.75) is 225 Å². The molecule has 318 valence electrons. The van der Waals surface area contributed by atoms with Gasteiger partial charge in [0.2, 0.25) is 24.3 Å². The van der Waals surface area contributed by atoms with Crippen LogP contribution < -0.4 is 0 Å². The molecular formula is C48H82N4O4. The quantitative estimate of drug-likeness (QED) is 0.0361. The summed E-state index contributed by atoms with van der Waals surface area (Å²) in [5.41, 5.74) is -0.367. The molecule has 2 fully saturated rings. The maximum atomic E-state index is 12.5. The third-order valence-corrected chi connectivity index (χ3v) is 13.9. The summed E-state index contributed by atoms with van der Waals surface area (Å²) in [4.78, 5) is 60.7. The Morgan fingerprint density at radius 1 is 0.482 bits per heavy atom. The van der Waals surface area contributed by atoms with Gasteiger partial charge in [0.05, 0.1) is 25.2 Å². The number of hydrogen-bond acceptors (Lipinski definition) is 8. The Kier molecular flexibility index (Phi) is 29.7. The van der Waals surface area contributed by atoms with Gasteiger partial charge >= 0.3 is 0 Å². The predicted octanol–water partition coefficient (Wildman–Crippen LogP) is 13.3. The number of isocyanates is 4.